The number of allylic oxidation sites excluding steroid dienone is 2. The highest BCUT2D eigenvalue weighted by molar-refractivity contribution is 5.94. The third-order valence-electron chi connectivity index (χ3n) is 4.71. The van der Waals surface area contributed by atoms with Gasteiger partial charge >= 0.3 is 0 Å². The summed E-state index contributed by atoms with van der Waals surface area (Å²) in [7, 11) is 1.63. The van der Waals surface area contributed by atoms with Gasteiger partial charge in [0.05, 0.1) is 12.8 Å². The summed E-state index contributed by atoms with van der Waals surface area (Å²) in [5, 5.41) is 3.53. The third-order valence-corrected chi connectivity index (χ3v) is 4.71. The Kier molecular flexibility index (Phi) is 5.81. The van der Waals surface area contributed by atoms with Crippen LogP contribution in [-0.4, -0.2) is 48.0 Å². The fourth-order valence-corrected chi connectivity index (χ4v) is 3.41. The number of piperazine rings is 1. The van der Waals surface area contributed by atoms with E-state index in [4.69, 9.17) is 4.74 Å². The van der Waals surface area contributed by atoms with Gasteiger partial charge < -0.3 is 15.0 Å². The van der Waals surface area contributed by atoms with Gasteiger partial charge in [-0.05, 0) is 49.8 Å². The van der Waals surface area contributed by atoms with Crippen LogP contribution in [0.3, 0.4) is 0 Å². The van der Waals surface area contributed by atoms with Crippen molar-refractivity contribution in [2.75, 3.05) is 20.2 Å². The number of hydrogen-bond acceptors (Lipinski definition) is 4. The maximum absolute atomic E-state index is 12.7. The number of amides is 1. The lowest BCUT2D eigenvalue weighted by molar-refractivity contribution is -0.122. The molecule has 1 aromatic carbocycles. The Balaban J connectivity index is 1.72. The van der Waals surface area contributed by atoms with Gasteiger partial charge in [0.1, 0.15) is 5.75 Å². The molecule has 27 heavy (non-hydrogen) atoms. The predicted molar refractivity (Wildman–Crippen MR) is 109 cm³/mol. The van der Waals surface area contributed by atoms with Crippen molar-refractivity contribution in [1.82, 2.24) is 15.1 Å². The van der Waals surface area contributed by atoms with Crippen molar-refractivity contribution in [2.24, 2.45) is 0 Å². The minimum absolute atomic E-state index is 0.117. The second kappa shape index (κ2) is 8.27. The van der Waals surface area contributed by atoms with Crippen molar-refractivity contribution in [1.29, 1.82) is 0 Å². The van der Waals surface area contributed by atoms with E-state index in [9.17, 15) is 4.79 Å². The number of benzene rings is 1. The molecule has 2 aliphatic heterocycles. The molecule has 0 saturated carbocycles. The van der Waals surface area contributed by atoms with Gasteiger partial charge in [-0.2, -0.15) is 0 Å². The first-order chi connectivity index (χ1) is 13.0. The number of rotatable bonds is 4. The van der Waals surface area contributed by atoms with Crippen molar-refractivity contribution in [3.05, 3.63) is 72.2 Å². The van der Waals surface area contributed by atoms with Gasteiger partial charge in [0.15, 0.2) is 0 Å². The van der Waals surface area contributed by atoms with Crippen LogP contribution in [0.4, 0.5) is 0 Å². The Morgan fingerprint density at radius 3 is 2.48 bits per heavy atom. The van der Waals surface area contributed by atoms with Gasteiger partial charge in [-0.25, -0.2) is 0 Å². The molecule has 1 fully saturated rings. The second-order valence-corrected chi connectivity index (χ2v) is 7.07. The van der Waals surface area contributed by atoms with Crippen molar-refractivity contribution < 1.29 is 9.53 Å². The van der Waals surface area contributed by atoms with Crippen LogP contribution in [0.5, 0.6) is 5.75 Å². The van der Waals surface area contributed by atoms with Crippen LogP contribution in [0.15, 0.2) is 66.7 Å². The number of nitrogens with one attached hydrogen (secondary N) is 1. The molecule has 1 amide bonds. The molecular weight excluding hydrogens is 338 g/mol. The number of methoxy groups -OCH3 is 1. The van der Waals surface area contributed by atoms with Crippen LogP contribution < -0.4 is 10.1 Å². The summed E-state index contributed by atoms with van der Waals surface area (Å²) < 4.78 is 5.15. The zero-order valence-corrected chi connectivity index (χ0v) is 16.2. The van der Waals surface area contributed by atoms with Gasteiger partial charge in [-0.15, -0.1) is 0 Å². The number of ether oxygens (including phenoxy) is 1. The first kappa shape index (κ1) is 19.0. The van der Waals surface area contributed by atoms with Crippen LogP contribution >= 0.6 is 0 Å². The summed E-state index contributed by atoms with van der Waals surface area (Å²) in [6, 6.07) is 8.39. The Bertz CT molecular complexity index is 782. The number of carbonyl (C=O) groups excluding carboxylic acids is 1. The van der Waals surface area contributed by atoms with E-state index in [1.54, 1.807) is 24.2 Å². The monoisotopic (exact) mass is 365 g/mol. The maximum atomic E-state index is 12.7. The molecule has 2 atom stereocenters. The molecule has 0 aromatic heterocycles. The summed E-state index contributed by atoms with van der Waals surface area (Å²) in [6.07, 6.45) is 9.18. The highest BCUT2D eigenvalue weighted by Crippen LogP contribution is 2.21. The average molecular weight is 365 g/mol. The first-order valence-electron chi connectivity index (χ1n) is 9.21. The van der Waals surface area contributed by atoms with Crippen LogP contribution in [-0.2, 0) is 4.79 Å². The summed E-state index contributed by atoms with van der Waals surface area (Å²) in [4.78, 5) is 16.6. The predicted octanol–water partition coefficient (Wildman–Crippen LogP) is 3.14. The lowest BCUT2D eigenvalue weighted by Crippen LogP contribution is -2.53. The van der Waals surface area contributed by atoms with Gasteiger partial charge in [0.2, 0.25) is 0 Å². The van der Waals surface area contributed by atoms with Crippen LogP contribution in [0.2, 0.25) is 0 Å². The van der Waals surface area contributed by atoms with Gasteiger partial charge in [0.25, 0.3) is 5.91 Å². The molecule has 0 aliphatic carbocycles. The van der Waals surface area contributed by atoms with E-state index < -0.39 is 0 Å². The smallest absolute Gasteiger partial charge is 0.255 e. The van der Waals surface area contributed by atoms with Gasteiger partial charge in [-0.3, -0.25) is 9.69 Å². The standard InChI is InChI=1S/C22H27N3O2/c1-16-13-24(14-17(2)23-16)20-9-5-18(3)25(15-20)22(26)12-8-19-6-10-21(27-4)11-7-19/h5-12,15-17,23H,3,13-14H2,1-2,4H3/t16-,17+. The van der Waals surface area contributed by atoms with E-state index in [-0.39, 0.29) is 5.91 Å². The Morgan fingerprint density at radius 1 is 1.19 bits per heavy atom. The summed E-state index contributed by atoms with van der Waals surface area (Å²) >= 11 is 0. The fourth-order valence-electron chi connectivity index (χ4n) is 3.41. The molecular formula is C22H27N3O2. The minimum Gasteiger partial charge on any atom is -0.497 e. The molecule has 5 heteroatoms. The molecule has 0 bridgehead atoms. The van der Waals surface area contributed by atoms with E-state index in [0.29, 0.717) is 17.8 Å². The summed E-state index contributed by atoms with van der Waals surface area (Å²) in [5.74, 6) is 0.675. The largest absolute Gasteiger partial charge is 0.497 e. The third kappa shape index (κ3) is 4.68. The molecule has 1 saturated heterocycles. The van der Waals surface area contributed by atoms with Crippen LogP contribution in [0.25, 0.3) is 6.08 Å². The van der Waals surface area contributed by atoms with E-state index >= 15 is 0 Å². The van der Waals surface area contributed by atoms with E-state index in [1.807, 2.05) is 42.6 Å². The fraction of sp³-hybridized carbons (Fsp3) is 0.318. The Labute approximate surface area is 161 Å². The molecule has 0 unspecified atom stereocenters. The quantitative estimate of drug-likeness (QED) is 0.833. The zero-order chi connectivity index (χ0) is 19.4. The molecule has 1 N–H and O–H groups in total. The van der Waals surface area contributed by atoms with Gasteiger partial charge in [0, 0.05) is 43.1 Å². The van der Waals surface area contributed by atoms with E-state index in [1.165, 1.54) is 0 Å². The molecule has 142 valence electrons. The van der Waals surface area contributed by atoms with Crippen molar-refractivity contribution in [3.8, 4) is 5.75 Å². The SMILES string of the molecule is C=C1C=CC(N2C[C@@H](C)N[C@@H](C)C2)=CN1C(=O)C=Cc1ccc(OC)cc1. The highest BCUT2D eigenvalue weighted by atomic mass is 16.5. The van der Waals surface area contributed by atoms with Crippen molar-refractivity contribution in [2.45, 2.75) is 25.9 Å². The number of carbonyl (C=O) groups is 1. The Hall–Kier alpha value is -2.79. The lowest BCUT2D eigenvalue weighted by atomic mass is 10.1. The average Bonchev–Trinajstić information content (AvgIpc) is 2.66. The topological polar surface area (TPSA) is 44.8 Å². The molecule has 2 aliphatic rings. The normalized spacial score (nSPS) is 22.9. The van der Waals surface area contributed by atoms with E-state index in [2.05, 4.69) is 30.6 Å². The highest BCUT2D eigenvalue weighted by Gasteiger charge is 2.24. The maximum Gasteiger partial charge on any atom is 0.255 e. The van der Waals surface area contributed by atoms with Crippen LogP contribution in [0, 0.1) is 0 Å². The Morgan fingerprint density at radius 2 is 1.85 bits per heavy atom. The van der Waals surface area contributed by atoms with Crippen molar-refractivity contribution >= 4 is 12.0 Å². The van der Waals surface area contributed by atoms with Crippen LogP contribution in [0.1, 0.15) is 19.4 Å². The summed E-state index contributed by atoms with van der Waals surface area (Å²) in [5.41, 5.74) is 2.64. The summed E-state index contributed by atoms with van der Waals surface area (Å²) in [6.45, 7) is 10.2. The molecule has 5 nitrogen and oxygen atoms in total. The first-order valence-corrected chi connectivity index (χ1v) is 9.21. The van der Waals surface area contributed by atoms with Crippen molar-refractivity contribution in [3.63, 3.8) is 0 Å². The van der Waals surface area contributed by atoms with Gasteiger partial charge in [-0.1, -0.05) is 18.7 Å². The second-order valence-electron chi connectivity index (χ2n) is 7.07. The molecule has 1 aromatic rings. The zero-order valence-electron chi connectivity index (χ0n) is 16.2. The lowest BCUT2D eigenvalue weighted by Gasteiger charge is -2.39. The molecule has 3 rings (SSSR count). The number of nitrogens with zero attached hydrogens (tertiary/aromatic N) is 2. The molecule has 2 heterocycles. The minimum atomic E-state index is -0.117. The number of hydrogen-bond donors (Lipinski definition) is 1. The molecule has 0 radical (unpaired) electrons. The van der Waals surface area contributed by atoms with E-state index in [0.717, 1.165) is 30.1 Å². The molecule has 0 spiro atoms.